The minimum Gasteiger partial charge on any atom is -0.497 e. The second kappa shape index (κ2) is 7.37. The molecule has 17 heavy (non-hydrogen) atoms. The second-order valence-corrected chi connectivity index (χ2v) is 3.61. The van der Waals surface area contributed by atoms with Gasteiger partial charge in [0, 0.05) is 5.56 Å². The summed E-state index contributed by atoms with van der Waals surface area (Å²) in [5.74, 6) is 1.37. The molecule has 0 aliphatic carbocycles. The van der Waals surface area contributed by atoms with Gasteiger partial charge in [0.2, 0.25) is 0 Å². The molecule has 0 saturated heterocycles. The Kier molecular flexibility index (Phi) is 6.95. The summed E-state index contributed by atoms with van der Waals surface area (Å²) in [7, 11) is 3.17. The van der Waals surface area contributed by atoms with Crippen LogP contribution < -0.4 is 15.2 Å². The minimum atomic E-state index is -0.582. The highest BCUT2D eigenvalue weighted by Gasteiger charge is 2.19. The number of aliphatic hydroxyl groups is 1. The van der Waals surface area contributed by atoms with Crippen molar-refractivity contribution in [3.8, 4) is 11.5 Å². The van der Waals surface area contributed by atoms with Crippen molar-refractivity contribution in [3.05, 3.63) is 23.8 Å². The van der Waals surface area contributed by atoms with Crippen molar-refractivity contribution in [2.45, 2.75) is 25.5 Å². The van der Waals surface area contributed by atoms with E-state index in [2.05, 4.69) is 0 Å². The van der Waals surface area contributed by atoms with Crippen molar-refractivity contribution in [2.75, 3.05) is 14.2 Å². The van der Waals surface area contributed by atoms with Crippen LogP contribution in [0.25, 0.3) is 0 Å². The van der Waals surface area contributed by atoms with E-state index in [1.807, 2.05) is 6.92 Å². The minimum absolute atomic E-state index is 0. The van der Waals surface area contributed by atoms with Crippen molar-refractivity contribution < 1.29 is 14.6 Å². The van der Waals surface area contributed by atoms with E-state index in [-0.39, 0.29) is 12.4 Å². The van der Waals surface area contributed by atoms with Gasteiger partial charge < -0.3 is 20.3 Å². The largest absolute Gasteiger partial charge is 0.497 e. The summed E-state index contributed by atoms with van der Waals surface area (Å²) in [5, 5.41) is 9.74. The molecule has 0 spiro atoms. The van der Waals surface area contributed by atoms with Crippen molar-refractivity contribution in [1.29, 1.82) is 0 Å². The van der Waals surface area contributed by atoms with Crippen molar-refractivity contribution in [1.82, 2.24) is 0 Å². The standard InChI is InChI=1S/C12H19NO3.ClH/c1-4-10(14)12(13)9-7-8(15-2)5-6-11(9)16-3;/h5-7,10,12,14H,4,13H2,1-3H3;1H/t10-,12+;/m1./s1. The second-order valence-electron chi connectivity index (χ2n) is 3.61. The molecular formula is C12H20ClNO3. The number of nitrogens with two attached hydrogens (primary N) is 1. The van der Waals surface area contributed by atoms with Gasteiger partial charge in [-0.15, -0.1) is 12.4 Å². The van der Waals surface area contributed by atoms with Gasteiger partial charge in [0.15, 0.2) is 0 Å². The van der Waals surface area contributed by atoms with Gasteiger partial charge in [0.05, 0.1) is 26.4 Å². The lowest BCUT2D eigenvalue weighted by Crippen LogP contribution is -2.25. The Balaban J connectivity index is 0.00000256. The Morgan fingerprint density at radius 2 is 1.94 bits per heavy atom. The Morgan fingerprint density at radius 3 is 2.41 bits per heavy atom. The molecule has 98 valence electrons. The van der Waals surface area contributed by atoms with Gasteiger partial charge in [0.1, 0.15) is 11.5 Å². The Morgan fingerprint density at radius 1 is 1.29 bits per heavy atom. The molecule has 0 aliphatic rings. The maximum atomic E-state index is 9.74. The molecule has 5 heteroatoms. The van der Waals surface area contributed by atoms with Gasteiger partial charge >= 0.3 is 0 Å². The lowest BCUT2D eigenvalue weighted by molar-refractivity contribution is 0.139. The Hall–Kier alpha value is -0.970. The molecule has 2 atom stereocenters. The predicted molar refractivity (Wildman–Crippen MR) is 70.0 cm³/mol. The molecule has 1 aromatic rings. The van der Waals surface area contributed by atoms with E-state index in [4.69, 9.17) is 15.2 Å². The molecule has 4 nitrogen and oxygen atoms in total. The summed E-state index contributed by atoms with van der Waals surface area (Å²) in [6.07, 6.45) is 0.0163. The first-order chi connectivity index (χ1) is 7.63. The number of halogens is 1. The smallest absolute Gasteiger partial charge is 0.123 e. The molecule has 0 aromatic heterocycles. The van der Waals surface area contributed by atoms with E-state index in [1.165, 1.54) is 0 Å². The van der Waals surface area contributed by atoms with Crippen LogP contribution in [0, 0.1) is 0 Å². The molecule has 1 rings (SSSR count). The van der Waals surface area contributed by atoms with E-state index in [9.17, 15) is 5.11 Å². The van der Waals surface area contributed by atoms with Crippen molar-refractivity contribution >= 4 is 12.4 Å². The zero-order valence-electron chi connectivity index (χ0n) is 10.3. The van der Waals surface area contributed by atoms with Crippen LogP contribution in [0.2, 0.25) is 0 Å². The summed E-state index contributed by atoms with van der Waals surface area (Å²) in [4.78, 5) is 0. The predicted octanol–water partition coefficient (Wildman–Crippen LogP) is 1.90. The fourth-order valence-electron chi connectivity index (χ4n) is 1.56. The van der Waals surface area contributed by atoms with Crippen molar-refractivity contribution in [3.63, 3.8) is 0 Å². The number of methoxy groups -OCH3 is 2. The van der Waals surface area contributed by atoms with E-state index < -0.39 is 12.1 Å². The molecule has 0 amide bonds. The van der Waals surface area contributed by atoms with Crippen LogP contribution in [0.5, 0.6) is 11.5 Å². The molecule has 0 radical (unpaired) electrons. The lowest BCUT2D eigenvalue weighted by Gasteiger charge is -2.20. The van der Waals surface area contributed by atoms with Gasteiger partial charge in [-0.1, -0.05) is 6.92 Å². The van der Waals surface area contributed by atoms with Crippen LogP contribution in [-0.4, -0.2) is 25.4 Å². The van der Waals surface area contributed by atoms with Crippen LogP contribution in [0.15, 0.2) is 18.2 Å². The maximum Gasteiger partial charge on any atom is 0.123 e. The van der Waals surface area contributed by atoms with E-state index >= 15 is 0 Å². The molecule has 0 heterocycles. The SMILES string of the molecule is CC[C@@H](O)[C@@H](N)c1cc(OC)ccc1OC.Cl. The lowest BCUT2D eigenvalue weighted by atomic mass is 9.99. The third-order valence-electron chi connectivity index (χ3n) is 2.63. The fourth-order valence-corrected chi connectivity index (χ4v) is 1.56. The quantitative estimate of drug-likeness (QED) is 0.850. The van der Waals surface area contributed by atoms with Gasteiger partial charge in [0.25, 0.3) is 0 Å². The van der Waals surface area contributed by atoms with E-state index in [0.29, 0.717) is 17.9 Å². The average Bonchev–Trinajstić information content (AvgIpc) is 2.35. The first-order valence-electron chi connectivity index (χ1n) is 5.29. The van der Waals surface area contributed by atoms with Crippen LogP contribution in [0.3, 0.4) is 0 Å². The number of ether oxygens (including phenoxy) is 2. The van der Waals surface area contributed by atoms with Gasteiger partial charge in [-0.2, -0.15) is 0 Å². The number of aliphatic hydroxyl groups excluding tert-OH is 1. The fraction of sp³-hybridized carbons (Fsp3) is 0.500. The third kappa shape index (κ3) is 3.77. The Labute approximate surface area is 108 Å². The highest BCUT2D eigenvalue weighted by Crippen LogP contribution is 2.30. The zero-order valence-corrected chi connectivity index (χ0v) is 11.2. The third-order valence-corrected chi connectivity index (χ3v) is 2.63. The molecule has 0 fully saturated rings. The summed E-state index contributed by atoms with van der Waals surface area (Å²) >= 11 is 0. The molecule has 1 aromatic carbocycles. The Bertz CT molecular complexity index is 347. The molecular weight excluding hydrogens is 242 g/mol. The summed E-state index contributed by atoms with van der Waals surface area (Å²) in [6.45, 7) is 1.89. The number of rotatable bonds is 5. The average molecular weight is 262 g/mol. The zero-order chi connectivity index (χ0) is 12.1. The van der Waals surface area contributed by atoms with E-state index in [1.54, 1.807) is 32.4 Å². The topological polar surface area (TPSA) is 64.7 Å². The first-order valence-corrected chi connectivity index (χ1v) is 5.29. The van der Waals surface area contributed by atoms with Crippen LogP contribution in [0.4, 0.5) is 0 Å². The van der Waals surface area contributed by atoms with Crippen molar-refractivity contribution in [2.24, 2.45) is 5.73 Å². The molecule has 0 unspecified atom stereocenters. The number of hydrogen-bond acceptors (Lipinski definition) is 4. The van der Waals surface area contributed by atoms with Crippen LogP contribution in [-0.2, 0) is 0 Å². The number of hydrogen-bond donors (Lipinski definition) is 2. The molecule has 0 saturated carbocycles. The maximum absolute atomic E-state index is 9.74. The van der Waals surface area contributed by atoms with Gasteiger partial charge in [-0.05, 0) is 24.6 Å². The van der Waals surface area contributed by atoms with Crippen LogP contribution in [0.1, 0.15) is 24.9 Å². The van der Waals surface area contributed by atoms with Crippen LogP contribution >= 0.6 is 12.4 Å². The molecule has 3 N–H and O–H groups in total. The summed E-state index contributed by atoms with van der Waals surface area (Å²) in [5.41, 5.74) is 6.72. The highest BCUT2D eigenvalue weighted by molar-refractivity contribution is 5.85. The first kappa shape index (κ1) is 16.0. The van der Waals surface area contributed by atoms with Gasteiger partial charge in [-0.25, -0.2) is 0 Å². The molecule has 0 aliphatic heterocycles. The normalized spacial score (nSPS) is 13.5. The molecule has 0 bridgehead atoms. The van der Waals surface area contributed by atoms with Gasteiger partial charge in [-0.3, -0.25) is 0 Å². The highest BCUT2D eigenvalue weighted by atomic mass is 35.5. The van der Waals surface area contributed by atoms with E-state index in [0.717, 1.165) is 5.56 Å². The summed E-state index contributed by atoms with van der Waals surface area (Å²) in [6, 6.07) is 4.92. The number of benzene rings is 1. The monoisotopic (exact) mass is 261 g/mol. The summed E-state index contributed by atoms with van der Waals surface area (Å²) < 4.78 is 10.3.